The second kappa shape index (κ2) is 13.9. The Bertz CT molecular complexity index is 1490. The van der Waals surface area contributed by atoms with Crippen LogP contribution in [-0.2, 0) is 27.3 Å². The molecular formula is C32H32N4O6. The SMILES string of the molecule is CC(C)(C)OC(=O)N[C@@H](Cc1ccc(Oc2ncccn2)cc1)C(=O)Nc1cccc(C(=O)OCc2ccccc2)c1. The quantitative estimate of drug-likeness (QED) is 0.233. The lowest BCUT2D eigenvalue weighted by atomic mass is 10.0. The first-order valence-corrected chi connectivity index (χ1v) is 13.3. The van der Waals surface area contributed by atoms with E-state index in [9.17, 15) is 14.4 Å². The molecule has 0 radical (unpaired) electrons. The monoisotopic (exact) mass is 568 g/mol. The summed E-state index contributed by atoms with van der Waals surface area (Å²) in [5.41, 5.74) is 1.51. The van der Waals surface area contributed by atoms with Crippen LogP contribution in [0.1, 0.15) is 42.3 Å². The molecule has 10 heteroatoms. The van der Waals surface area contributed by atoms with Crippen LogP contribution in [0.4, 0.5) is 10.5 Å². The number of hydrogen-bond acceptors (Lipinski definition) is 8. The van der Waals surface area contributed by atoms with Crippen LogP contribution in [0, 0.1) is 0 Å². The van der Waals surface area contributed by atoms with Gasteiger partial charge in [0.25, 0.3) is 0 Å². The van der Waals surface area contributed by atoms with Gasteiger partial charge in [0.2, 0.25) is 5.91 Å². The van der Waals surface area contributed by atoms with E-state index in [4.69, 9.17) is 14.2 Å². The summed E-state index contributed by atoms with van der Waals surface area (Å²) in [6.45, 7) is 5.33. The lowest BCUT2D eigenvalue weighted by Crippen LogP contribution is -2.47. The maximum Gasteiger partial charge on any atom is 0.408 e. The summed E-state index contributed by atoms with van der Waals surface area (Å²) in [6, 6.07) is 23.6. The molecule has 0 spiro atoms. The van der Waals surface area contributed by atoms with Crippen molar-refractivity contribution in [3.63, 3.8) is 0 Å². The van der Waals surface area contributed by atoms with Crippen LogP contribution in [0.15, 0.2) is 97.3 Å². The molecule has 10 nitrogen and oxygen atoms in total. The Kier molecular flexibility index (Phi) is 9.83. The average molecular weight is 569 g/mol. The largest absolute Gasteiger partial charge is 0.457 e. The Morgan fingerprint density at radius 2 is 1.55 bits per heavy atom. The first-order valence-electron chi connectivity index (χ1n) is 13.3. The number of benzene rings is 3. The molecule has 0 aliphatic carbocycles. The smallest absolute Gasteiger partial charge is 0.408 e. The molecule has 2 N–H and O–H groups in total. The summed E-state index contributed by atoms with van der Waals surface area (Å²) in [4.78, 5) is 46.7. The summed E-state index contributed by atoms with van der Waals surface area (Å²) in [7, 11) is 0. The van der Waals surface area contributed by atoms with Crippen LogP contribution < -0.4 is 15.4 Å². The number of esters is 1. The minimum Gasteiger partial charge on any atom is -0.457 e. The van der Waals surface area contributed by atoms with Gasteiger partial charge in [-0.25, -0.2) is 19.6 Å². The number of aromatic nitrogens is 2. The van der Waals surface area contributed by atoms with Gasteiger partial charge in [-0.1, -0.05) is 48.5 Å². The Labute approximate surface area is 244 Å². The second-order valence-corrected chi connectivity index (χ2v) is 10.3. The number of carbonyl (C=O) groups is 3. The van der Waals surface area contributed by atoms with Gasteiger partial charge in [-0.05, 0) is 68.3 Å². The molecule has 0 fully saturated rings. The van der Waals surface area contributed by atoms with Gasteiger partial charge >= 0.3 is 18.1 Å². The highest BCUT2D eigenvalue weighted by molar-refractivity contribution is 5.98. The first-order chi connectivity index (χ1) is 20.1. The van der Waals surface area contributed by atoms with E-state index in [1.807, 2.05) is 30.3 Å². The number of nitrogens with zero attached hydrogens (tertiary/aromatic N) is 2. The van der Waals surface area contributed by atoms with E-state index >= 15 is 0 Å². The third-order valence-electron chi connectivity index (χ3n) is 5.70. The third-order valence-corrected chi connectivity index (χ3v) is 5.70. The predicted molar refractivity (Wildman–Crippen MR) is 156 cm³/mol. The van der Waals surface area contributed by atoms with Crippen molar-refractivity contribution in [2.45, 2.75) is 45.4 Å². The molecule has 0 saturated carbocycles. The molecule has 42 heavy (non-hydrogen) atoms. The molecule has 3 aromatic carbocycles. The highest BCUT2D eigenvalue weighted by Gasteiger charge is 2.25. The van der Waals surface area contributed by atoms with Gasteiger partial charge in [-0.2, -0.15) is 0 Å². The Hall–Kier alpha value is -5.25. The van der Waals surface area contributed by atoms with Gasteiger partial charge in [0.1, 0.15) is 24.0 Å². The molecule has 1 heterocycles. The van der Waals surface area contributed by atoms with E-state index in [0.29, 0.717) is 11.4 Å². The van der Waals surface area contributed by atoms with Crippen molar-refractivity contribution in [1.82, 2.24) is 15.3 Å². The number of nitrogens with one attached hydrogen (secondary N) is 2. The normalized spacial score (nSPS) is 11.6. The van der Waals surface area contributed by atoms with Crippen molar-refractivity contribution in [2.24, 2.45) is 0 Å². The van der Waals surface area contributed by atoms with Crippen molar-refractivity contribution in [3.05, 3.63) is 114 Å². The summed E-state index contributed by atoms with van der Waals surface area (Å²) in [6.07, 6.45) is 2.57. The van der Waals surface area contributed by atoms with E-state index < -0.39 is 29.6 Å². The fourth-order valence-electron chi connectivity index (χ4n) is 3.79. The topological polar surface area (TPSA) is 129 Å². The lowest BCUT2D eigenvalue weighted by Gasteiger charge is -2.23. The molecule has 0 unspecified atom stereocenters. The number of ether oxygens (including phenoxy) is 3. The maximum atomic E-state index is 13.4. The van der Waals surface area contributed by atoms with E-state index in [-0.39, 0.29) is 24.6 Å². The van der Waals surface area contributed by atoms with Crippen LogP contribution >= 0.6 is 0 Å². The van der Waals surface area contributed by atoms with Gasteiger partial charge in [-0.15, -0.1) is 0 Å². The molecular weight excluding hydrogens is 536 g/mol. The van der Waals surface area contributed by atoms with Crippen LogP contribution in [0.2, 0.25) is 0 Å². The Morgan fingerprint density at radius 1 is 0.833 bits per heavy atom. The Balaban J connectivity index is 1.44. The molecule has 4 rings (SSSR count). The average Bonchev–Trinajstić information content (AvgIpc) is 2.97. The van der Waals surface area contributed by atoms with Crippen LogP contribution in [-0.4, -0.2) is 39.6 Å². The molecule has 0 bridgehead atoms. The highest BCUT2D eigenvalue weighted by atomic mass is 16.6. The summed E-state index contributed by atoms with van der Waals surface area (Å²) >= 11 is 0. The van der Waals surface area contributed by atoms with E-state index in [1.165, 1.54) is 6.07 Å². The number of alkyl carbamates (subject to hydrolysis) is 1. The zero-order valence-electron chi connectivity index (χ0n) is 23.6. The number of anilines is 1. The zero-order valence-corrected chi connectivity index (χ0v) is 23.6. The maximum absolute atomic E-state index is 13.4. The van der Waals surface area contributed by atoms with Gasteiger partial charge in [-0.3, -0.25) is 4.79 Å². The van der Waals surface area contributed by atoms with Crippen molar-refractivity contribution in [2.75, 3.05) is 5.32 Å². The standard InChI is InChI=1S/C32H32N4O6/c1-32(2,3)42-31(39)36-27(19-22-13-15-26(16-14-22)41-30-33-17-8-18-34-30)28(37)35-25-12-7-11-24(20-25)29(38)40-21-23-9-5-4-6-10-23/h4-18,20,27H,19,21H2,1-3H3,(H,35,37)(H,36,39)/t27-/m0/s1. The van der Waals surface area contributed by atoms with Crippen LogP contribution in [0.3, 0.4) is 0 Å². The van der Waals surface area contributed by atoms with Crippen molar-refractivity contribution in [1.29, 1.82) is 0 Å². The number of carbonyl (C=O) groups excluding carboxylic acids is 3. The van der Waals surface area contributed by atoms with E-state index in [2.05, 4.69) is 20.6 Å². The molecule has 0 aliphatic heterocycles. The van der Waals surface area contributed by atoms with Gasteiger partial charge in [0.05, 0.1) is 5.56 Å². The van der Waals surface area contributed by atoms with Crippen molar-refractivity contribution >= 4 is 23.7 Å². The molecule has 2 amide bonds. The van der Waals surface area contributed by atoms with Crippen LogP contribution in [0.25, 0.3) is 0 Å². The number of rotatable bonds is 10. The third kappa shape index (κ3) is 9.44. The second-order valence-electron chi connectivity index (χ2n) is 10.3. The minimum atomic E-state index is -0.988. The lowest BCUT2D eigenvalue weighted by molar-refractivity contribution is -0.118. The molecule has 0 saturated heterocycles. The number of amides is 2. The number of hydrogen-bond donors (Lipinski definition) is 2. The zero-order chi connectivity index (χ0) is 30.0. The summed E-state index contributed by atoms with van der Waals surface area (Å²) in [5, 5.41) is 5.44. The minimum absolute atomic E-state index is 0.125. The molecule has 1 aromatic heterocycles. The first kappa shape index (κ1) is 29.7. The van der Waals surface area contributed by atoms with Crippen molar-refractivity contribution < 1.29 is 28.6 Å². The van der Waals surface area contributed by atoms with Crippen LogP contribution in [0.5, 0.6) is 11.8 Å². The van der Waals surface area contributed by atoms with Crippen molar-refractivity contribution in [3.8, 4) is 11.8 Å². The van der Waals surface area contributed by atoms with Gasteiger partial charge in [0, 0.05) is 24.5 Å². The molecule has 216 valence electrons. The Morgan fingerprint density at radius 3 is 2.24 bits per heavy atom. The fourth-order valence-corrected chi connectivity index (χ4v) is 3.79. The fraction of sp³-hybridized carbons (Fsp3) is 0.219. The predicted octanol–water partition coefficient (Wildman–Crippen LogP) is 5.70. The summed E-state index contributed by atoms with van der Waals surface area (Å²) < 4.78 is 16.4. The molecule has 1 atom stereocenters. The highest BCUT2D eigenvalue weighted by Crippen LogP contribution is 2.19. The summed E-state index contributed by atoms with van der Waals surface area (Å²) in [5.74, 6) is -0.503. The van der Waals surface area contributed by atoms with Gasteiger partial charge < -0.3 is 24.8 Å². The molecule has 0 aliphatic rings. The van der Waals surface area contributed by atoms with E-state index in [1.54, 1.807) is 81.7 Å². The molecule has 4 aromatic rings. The van der Waals surface area contributed by atoms with Gasteiger partial charge in [0.15, 0.2) is 0 Å². The van der Waals surface area contributed by atoms with E-state index in [0.717, 1.165) is 11.1 Å².